The molecule has 3 heteroatoms. The Morgan fingerprint density at radius 2 is 0.630 bits per heavy atom. The van der Waals surface area contributed by atoms with E-state index in [4.69, 9.17) is 14.2 Å². The molecule has 3 nitrogen and oxygen atoms in total. The van der Waals surface area contributed by atoms with Gasteiger partial charge in [-0.1, -0.05) is 0 Å². The number of methoxy groups -OCH3 is 3. The summed E-state index contributed by atoms with van der Waals surface area (Å²) in [5, 5.41) is 7.15. The summed E-state index contributed by atoms with van der Waals surface area (Å²) < 4.78 is 16.8. The molecule has 0 saturated carbocycles. The van der Waals surface area contributed by atoms with Crippen molar-refractivity contribution in [3.63, 3.8) is 0 Å². The van der Waals surface area contributed by atoms with E-state index in [0.717, 1.165) is 33.9 Å². The minimum atomic E-state index is 0.899. The average molecular weight is 360 g/mol. The van der Waals surface area contributed by atoms with Gasteiger partial charge in [-0.05, 0) is 106 Å². The van der Waals surface area contributed by atoms with E-state index < -0.39 is 0 Å². The van der Waals surface area contributed by atoms with E-state index in [1.165, 1.54) is 32.3 Å². The quantitative estimate of drug-likeness (QED) is 0.413. The van der Waals surface area contributed by atoms with Crippen LogP contribution in [0, 0.1) is 20.8 Å². The van der Waals surface area contributed by atoms with Gasteiger partial charge in [0, 0.05) is 0 Å². The van der Waals surface area contributed by atoms with Gasteiger partial charge in [0.25, 0.3) is 0 Å². The SMILES string of the molecule is COc1cc2c(cc1C)c1cc(OC)c(C)cc1c1cc(OC)c(C)cc21. The molecule has 0 unspecified atom stereocenters. The highest BCUT2D eigenvalue weighted by molar-refractivity contribution is 6.26. The van der Waals surface area contributed by atoms with Gasteiger partial charge in [0.05, 0.1) is 21.3 Å². The van der Waals surface area contributed by atoms with Crippen molar-refractivity contribution in [1.82, 2.24) is 0 Å². The predicted octanol–water partition coefficient (Wildman–Crippen LogP) is 6.10. The Balaban J connectivity index is 2.32. The molecule has 138 valence electrons. The molecule has 0 aromatic heterocycles. The number of ether oxygens (including phenoxy) is 3. The Bertz CT molecular complexity index is 1020. The van der Waals surface area contributed by atoms with Gasteiger partial charge in [-0.3, -0.25) is 0 Å². The smallest absolute Gasteiger partial charge is 0.122 e. The van der Waals surface area contributed by atoms with Crippen LogP contribution in [0.2, 0.25) is 0 Å². The van der Waals surface area contributed by atoms with Gasteiger partial charge in [0.2, 0.25) is 0 Å². The summed E-state index contributed by atoms with van der Waals surface area (Å²) in [6, 6.07) is 13.1. The summed E-state index contributed by atoms with van der Waals surface area (Å²) >= 11 is 0. The fourth-order valence-corrected chi connectivity index (χ4v) is 4.06. The molecule has 4 aromatic rings. The zero-order chi connectivity index (χ0) is 19.3. The van der Waals surface area contributed by atoms with Crippen LogP contribution in [0.5, 0.6) is 17.2 Å². The lowest BCUT2D eigenvalue weighted by molar-refractivity contribution is 0.412. The molecule has 0 heterocycles. The van der Waals surface area contributed by atoms with Gasteiger partial charge in [0.15, 0.2) is 0 Å². The Morgan fingerprint density at radius 3 is 0.852 bits per heavy atom. The standard InChI is InChI=1S/C24H24O3/c1-13-7-16-19(10-22(13)25-4)17-8-14(2)24(27-6)12-21(17)18-9-15(3)23(26-5)11-20(16)18/h7-12H,1-6H3. The molecule has 0 N–H and O–H groups in total. The second-order valence-corrected chi connectivity index (χ2v) is 7.10. The molecule has 0 atom stereocenters. The predicted molar refractivity (Wildman–Crippen MR) is 113 cm³/mol. The molecule has 0 saturated heterocycles. The maximum absolute atomic E-state index is 5.60. The van der Waals surface area contributed by atoms with Crippen LogP contribution < -0.4 is 14.2 Å². The highest BCUT2D eigenvalue weighted by atomic mass is 16.5. The van der Waals surface area contributed by atoms with Crippen molar-refractivity contribution < 1.29 is 14.2 Å². The van der Waals surface area contributed by atoms with Gasteiger partial charge in [-0.2, -0.15) is 0 Å². The second kappa shape index (κ2) is 6.34. The number of hydrogen-bond acceptors (Lipinski definition) is 3. The fraction of sp³-hybridized carbons (Fsp3) is 0.250. The lowest BCUT2D eigenvalue weighted by Gasteiger charge is -2.17. The van der Waals surface area contributed by atoms with Crippen molar-refractivity contribution in [1.29, 1.82) is 0 Å². The van der Waals surface area contributed by atoms with Gasteiger partial charge in [-0.15, -0.1) is 0 Å². The van der Waals surface area contributed by atoms with Crippen molar-refractivity contribution in [2.24, 2.45) is 0 Å². The molecular weight excluding hydrogens is 336 g/mol. The van der Waals surface area contributed by atoms with Crippen LogP contribution in [0.15, 0.2) is 36.4 Å². The molecule has 27 heavy (non-hydrogen) atoms. The molecule has 0 aliphatic heterocycles. The van der Waals surface area contributed by atoms with Crippen LogP contribution >= 0.6 is 0 Å². The van der Waals surface area contributed by atoms with Crippen LogP contribution in [0.3, 0.4) is 0 Å². The molecule has 4 aromatic carbocycles. The molecule has 0 fully saturated rings. The van der Waals surface area contributed by atoms with E-state index in [2.05, 4.69) is 57.2 Å². The number of hydrogen-bond donors (Lipinski definition) is 0. The minimum Gasteiger partial charge on any atom is -0.496 e. The third-order valence-corrected chi connectivity index (χ3v) is 5.48. The van der Waals surface area contributed by atoms with Crippen molar-refractivity contribution in [3.05, 3.63) is 53.1 Å². The monoisotopic (exact) mass is 360 g/mol. The van der Waals surface area contributed by atoms with Gasteiger partial charge in [0.1, 0.15) is 17.2 Å². The van der Waals surface area contributed by atoms with E-state index in [0.29, 0.717) is 0 Å². The highest BCUT2D eigenvalue weighted by Crippen LogP contribution is 2.42. The Labute approximate surface area is 159 Å². The van der Waals surface area contributed by atoms with Crippen LogP contribution in [0.25, 0.3) is 32.3 Å². The second-order valence-electron chi connectivity index (χ2n) is 7.10. The number of rotatable bonds is 3. The molecular formula is C24H24O3. The van der Waals surface area contributed by atoms with E-state index in [1.807, 2.05) is 0 Å². The van der Waals surface area contributed by atoms with Crippen molar-refractivity contribution in [2.45, 2.75) is 20.8 Å². The summed E-state index contributed by atoms with van der Waals surface area (Å²) in [4.78, 5) is 0. The van der Waals surface area contributed by atoms with E-state index >= 15 is 0 Å². The first-order chi connectivity index (χ1) is 13.0. The van der Waals surface area contributed by atoms with Crippen LogP contribution in [-0.4, -0.2) is 21.3 Å². The largest absolute Gasteiger partial charge is 0.496 e. The first kappa shape index (κ1) is 17.5. The van der Waals surface area contributed by atoms with Crippen LogP contribution in [0.1, 0.15) is 16.7 Å². The molecule has 0 spiro atoms. The Hall–Kier alpha value is -2.94. The minimum absolute atomic E-state index is 0.899. The summed E-state index contributed by atoms with van der Waals surface area (Å²) in [5.41, 5.74) is 3.36. The number of benzene rings is 4. The summed E-state index contributed by atoms with van der Waals surface area (Å²) in [6.45, 7) is 6.25. The lowest BCUT2D eigenvalue weighted by Crippen LogP contribution is -1.94. The molecule has 0 amide bonds. The van der Waals surface area contributed by atoms with E-state index in [-0.39, 0.29) is 0 Å². The zero-order valence-corrected chi connectivity index (χ0v) is 16.7. The first-order valence-corrected chi connectivity index (χ1v) is 9.05. The number of fused-ring (bicyclic) bond motifs is 6. The zero-order valence-electron chi connectivity index (χ0n) is 16.7. The van der Waals surface area contributed by atoms with Gasteiger partial charge >= 0.3 is 0 Å². The Morgan fingerprint density at radius 1 is 0.407 bits per heavy atom. The molecule has 0 aliphatic rings. The maximum atomic E-state index is 5.60. The molecule has 0 bridgehead atoms. The lowest BCUT2D eigenvalue weighted by atomic mass is 9.91. The first-order valence-electron chi connectivity index (χ1n) is 9.05. The Kier molecular flexibility index (Phi) is 4.11. The van der Waals surface area contributed by atoms with E-state index in [9.17, 15) is 0 Å². The van der Waals surface area contributed by atoms with E-state index in [1.54, 1.807) is 21.3 Å². The topological polar surface area (TPSA) is 27.7 Å². The van der Waals surface area contributed by atoms with Crippen molar-refractivity contribution >= 4 is 32.3 Å². The van der Waals surface area contributed by atoms with Gasteiger partial charge in [-0.25, -0.2) is 0 Å². The third-order valence-electron chi connectivity index (χ3n) is 5.48. The van der Waals surface area contributed by atoms with Gasteiger partial charge < -0.3 is 14.2 Å². The summed E-state index contributed by atoms with van der Waals surface area (Å²) in [7, 11) is 5.16. The molecule has 4 rings (SSSR count). The number of aryl methyl sites for hydroxylation is 3. The normalized spacial score (nSPS) is 11.3. The summed E-state index contributed by atoms with van der Waals surface area (Å²) in [6.07, 6.45) is 0. The maximum Gasteiger partial charge on any atom is 0.122 e. The molecule has 0 aliphatic carbocycles. The highest BCUT2D eigenvalue weighted by Gasteiger charge is 2.15. The van der Waals surface area contributed by atoms with Crippen molar-refractivity contribution in [2.75, 3.05) is 21.3 Å². The van der Waals surface area contributed by atoms with Crippen LogP contribution in [0.4, 0.5) is 0 Å². The fourth-order valence-electron chi connectivity index (χ4n) is 4.06. The average Bonchev–Trinajstić information content (AvgIpc) is 2.67. The molecule has 0 radical (unpaired) electrons. The third kappa shape index (κ3) is 2.57. The summed E-state index contributed by atoms with van der Waals surface area (Å²) in [5.74, 6) is 2.70. The van der Waals surface area contributed by atoms with Crippen LogP contribution in [-0.2, 0) is 0 Å². The van der Waals surface area contributed by atoms with Crippen molar-refractivity contribution in [3.8, 4) is 17.2 Å².